The summed E-state index contributed by atoms with van der Waals surface area (Å²) in [6.45, 7) is 10.7. The Balaban J connectivity index is 2.39. The van der Waals surface area contributed by atoms with Crippen LogP contribution in [-0.2, 0) is 9.53 Å². The first-order valence-corrected chi connectivity index (χ1v) is 8.35. The van der Waals surface area contributed by atoms with Gasteiger partial charge in [-0.05, 0) is 44.5 Å². The normalized spacial score (nSPS) is 12.0. The quantitative estimate of drug-likeness (QED) is 0.232. The molecule has 2 rings (SSSR count). The molecule has 0 amide bonds. The van der Waals surface area contributed by atoms with Gasteiger partial charge in [0.1, 0.15) is 17.1 Å². The highest BCUT2D eigenvalue weighted by Gasteiger charge is 2.11. The summed E-state index contributed by atoms with van der Waals surface area (Å²) in [4.78, 5) is 24.1. The van der Waals surface area contributed by atoms with Crippen LogP contribution in [0.15, 0.2) is 76.2 Å². The van der Waals surface area contributed by atoms with Crippen molar-refractivity contribution in [2.24, 2.45) is 0 Å². The number of benzene rings is 1. The molecule has 0 aliphatic carbocycles. The molecule has 0 aliphatic heterocycles. The lowest BCUT2D eigenvalue weighted by Gasteiger charge is -2.07. The Hall–Kier alpha value is -3.34. The zero-order valence-electron chi connectivity index (χ0n) is 15.7. The molecule has 5 nitrogen and oxygen atoms in total. The average Bonchev–Trinajstić information content (AvgIpc) is 2.65. The van der Waals surface area contributed by atoms with Gasteiger partial charge in [-0.25, -0.2) is 4.79 Å². The minimum absolute atomic E-state index is 0.240. The van der Waals surface area contributed by atoms with E-state index in [1.54, 1.807) is 32.2 Å². The van der Waals surface area contributed by atoms with Gasteiger partial charge in [0.25, 0.3) is 0 Å². The number of esters is 1. The van der Waals surface area contributed by atoms with E-state index in [4.69, 9.17) is 13.9 Å². The largest absolute Gasteiger partial charge is 0.502 e. The maximum absolute atomic E-state index is 12.5. The summed E-state index contributed by atoms with van der Waals surface area (Å²) in [5, 5.41) is 0.323. The Morgan fingerprint density at radius 2 is 1.96 bits per heavy atom. The second kappa shape index (κ2) is 8.85. The number of hydrogen-bond donors (Lipinski definition) is 0. The van der Waals surface area contributed by atoms with Crippen molar-refractivity contribution in [3.63, 3.8) is 0 Å². The Bertz CT molecular complexity index is 1010. The third kappa shape index (κ3) is 5.07. The molecule has 0 saturated carbocycles. The van der Waals surface area contributed by atoms with Crippen LogP contribution < -0.4 is 10.2 Å². The third-order valence-electron chi connectivity index (χ3n) is 3.83. The summed E-state index contributed by atoms with van der Waals surface area (Å²) in [5.74, 6) is 0.922. The van der Waals surface area contributed by atoms with Crippen molar-refractivity contribution in [1.29, 1.82) is 0 Å². The number of methoxy groups -OCH3 is 1. The highest BCUT2D eigenvalue weighted by atomic mass is 16.5. The topological polar surface area (TPSA) is 65.7 Å². The Labute approximate surface area is 157 Å². The van der Waals surface area contributed by atoms with E-state index in [1.807, 2.05) is 19.1 Å². The predicted molar refractivity (Wildman–Crippen MR) is 106 cm³/mol. The maximum Gasteiger partial charge on any atom is 0.338 e. The molecule has 1 heterocycles. The summed E-state index contributed by atoms with van der Waals surface area (Å²) in [6.07, 6.45) is 6.04. The molecule has 0 aliphatic rings. The minimum Gasteiger partial charge on any atom is -0.502 e. The molecule has 1 aromatic carbocycles. The van der Waals surface area contributed by atoms with E-state index >= 15 is 0 Å². The van der Waals surface area contributed by atoms with Crippen LogP contribution in [0.3, 0.4) is 0 Å². The van der Waals surface area contributed by atoms with Gasteiger partial charge in [0, 0.05) is 17.2 Å². The number of carbonyl (C=O) groups is 1. The van der Waals surface area contributed by atoms with Crippen LogP contribution in [0.1, 0.15) is 26.0 Å². The highest BCUT2D eigenvalue weighted by Crippen LogP contribution is 2.23. The van der Waals surface area contributed by atoms with Gasteiger partial charge in [-0.2, -0.15) is 0 Å². The van der Waals surface area contributed by atoms with Crippen molar-refractivity contribution in [1.82, 2.24) is 0 Å². The van der Waals surface area contributed by atoms with E-state index < -0.39 is 5.97 Å². The lowest BCUT2D eigenvalue weighted by molar-refractivity contribution is -0.130. The van der Waals surface area contributed by atoms with E-state index in [1.165, 1.54) is 12.1 Å². The molecule has 0 fully saturated rings. The van der Waals surface area contributed by atoms with Gasteiger partial charge in [0.2, 0.25) is 0 Å². The standard InChI is InChI=1S/C22H22O5/c1-6-16(9-7-8-15(4)25-5)21-13-19(23)18-12-17(10-11-20(18)27-21)26-22(24)14(2)3/h6,8-13H,1-2,7H2,3-5H3/b15-8+,16-9+. The van der Waals surface area contributed by atoms with Crippen LogP contribution in [0.4, 0.5) is 0 Å². The number of hydrogen-bond acceptors (Lipinski definition) is 5. The molecule has 0 radical (unpaired) electrons. The lowest BCUT2D eigenvalue weighted by Crippen LogP contribution is -2.09. The van der Waals surface area contributed by atoms with Crippen molar-refractivity contribution in [3.05, 3.63) is 83.0 Å². The molecule has 5 heteroatoms. The van der Waals surface area contributed by atoms with Crippen LogP contribution in [0.5, 0.6) is 5.75 Å². The number of carbonyl (C=O) groups excluding carboxylic acids is 1. The van der Waals surface area contributed by atoms with Gasteiger partial charge in [-0.1, -0.05) is 25.3 Å². The number of fused-ring (bicyclic) bond motifs is 1. The van der Waals surface area contributed by atoms with Crippen LogP contribution in [0.25, 0.3) is 16.5 Å². The van der Waals surface area contributed by atoms with E-state index in [-0.39, 0.29) is 16.8 Å². The molecule has 140 valence electrons. The van der Waals surface area contributed by atoms with Crippen LogP contribution in [0.2, 0.25) is 0 Å². The monoisotopic (exact) mass is 366 g/mol. The molecule has 0 bridgehead atoms. The van der Waals surface area contributed by atoms with E-state index in [0.29, 0.717) is 28.7 Å². The molecule has 0 N–H and O–H groups in total. The second-order valence-electron chi connectivity index (χ2n) is 5.92. The fourth-order valence-corrected chi connectivity index (χ4v) is 2.25. The Kier molecular flexibility index (Phi) is 6.55. The van der Waals surface area contributed by atoms with E-state index in [9.17, 15) is 9.59 Å². The van der Waals surface area contributed by atoms with Crippen molar-refractivity contribution >= 4 is 22.5 Å². The number of rotatable bonds is 7. The van der Waals surface area contributed by atoms with E-state index in [0.717, 1.165) is 5.76 Å². The molecule has 0 atom stereocenters. The van der Waals surface area contributed by atoms with Crippen LogP contribution in [-0.4, -0.2) is 13.1 Å². The van der Waals surface area contributed by atoms with Crippen molar-refractivity contribution < 1.29 is 18.7 Å². The van der Waals surface area contributed by atoms with Gasteiger partial charge in [0.05, 0.1) is 18.3 Å². The zero-order chi connectivity index (χ0) is 20.0. The van der Waals surface area contributed by atoms with Gasteiger partial charge in [0.15, 0.2) is 5.43 Å². The molecular weight excluding hydrogens is 344 g/mol. The molecule has 0 spiro atoms. The first kappa shape index (κ1) is 20.0. The Morgan fingerprint density at radius 3 is 2.59 bits per heavy atom. The minimum atomic E-state index is -0.549. The maximum atomic E-state index is 12.5. The van der Waals surface area contributed by atoms with Crippen LogP contribution in [0, 0.1) is 0 Å². The molecule has 0 saturated heterocycles. The van der Waals surface area contributed by atoms with Gasteiger partial charge in [-0.15, -0.1) is 0 Å². The van der Waals surface area contributed by atoms with Gasteiger partial charge >= 0.3 is 5.97 Å². The predicted octanol–water partition coefficient (Wildman–Crippen LogP) is 4.78. The smallest absolute Gasteiger partial charge is 0.338 e. The van der Waals surface area contributed by atoms with Crippen molar-refractivity contribution in [3.8, 4) is 5.75 Å². The first-order chi connectivity index (χ1) is 12.8. The lowest BCUT2D eigenvalue weighted by atomic mass is 10.1. The molecule has 0 unspecified atom stereocenters. The number of allylic oxidation sites excluding steroid dienone is 5. The SMILES string of the molecule is C=C/C(=C\C/C=C(\C)OC)c1cc(=O)c2cc(OC(=O)C(=C)C)ccc2o1. The highest BCUT2D eigenvalue weighted by molar-refractivity contribution is 5.89. The Morgan fingerprint density at radius 1 is 1.22 bits per heavy atom. The summed E-state index contributed by atoms with van der Waals surface area (Å²) in [5.41, 5.74) is 1.13. The van der Waals surface area contributed by atoms with Gasteiger partial charge < -0.3 is 13.9 Å². The summed E-state index contributed by atoms with van der Waals surface area (Å²) in [6, 6.07) is 6.04. The zero-order valence-corrected chi connectivity index (χ0v) is 15.7. The summed E-state index contributed by atoms with van der Waals surface area (Å²) in [7, 11) is 1.61. The second-order valence-corrected chi connectivity index (χ2v) is 5.92. The first-order valence-electron chi connectivity index (χ1n) is 8.35. The van der Waals surface area contributed by atoms with Crippen molar-refractivity contribution in [2.45, 2.75) is 20.3 Å². The van der Waals surface area contributed by atoms with Gasteiger partial charge in [-0.3, -0.25) is 4.79 Å². The molecule has 27 heavy (non-hydrogen) atoms. The molecule has 1 aromatic heterocycles. The number of ether oxygens (including phenoxy) is 2. The van der Waals surface area contributed by atoms with E-state index in [2.05, 4.69) is 13.2 Å². The fraction of sp³-hybridized carbons (Fsp3) is 0.182. The third-order valence-corrected chi connectivity index (χ3v) is 3.83. The molecule has 2 aromatic rings. The van der Waals surface area contributed by atoms with Crippen molar-refractivity contribution in [2.75, 3.05) is 7.11 Å². The average molecular weight is 366 g/mol. The summed E-state index contributed by atoms with van der Waals surface area (Å²) < 4.78 is 16.1. The fourth-order valence-electron chi connectivity index (χ4n) is 2.25. The van der Waals surface area contributed by atoms with Crippen LogP contribution >= 0.6 is 0 Å². The molecular formula is C22H22O5. The summed E-state index contributed by atoms with van der Waals surface area (Å²) >= 11 is 0.